The molecule has 0 radical (unpaired) electrons. The monoisotopic (exact) mass is 201 g/mol. The minimum Gasteiger partial charge on any atom is -0.297 e. The van der Waals surface area contributed by atoms with Gasteiger partial charge in [0.25, 0.3) is 0 Å². The van der Waals surface area contributed by atoms with Gasteiger partial charge in [0.1, 0.15) is 0 Å². The zero-order chi connectivity index (χ0) is 9.26. The van der Waals surface area contributed by atoms with E-state index in [0.717, 1.165) is 23.9 Å². The number of nitrogens with zero attached hydrogens (tertiary/aromatic N) is 1. The van der Waals surface area contributed by atoms with Gasteiger partial charge in [0, 0.05) is 18.0 Å². The van der Waals surface area contributed by atoms with E-state index in [0.29, 0.717) is 0 Å². The summed E-state index contributed by atoms with van der Waals surface area (Å²) in [7, 11) is 0. The molecular weight excluding hydrogens is 182 g/mol. The van der Waals surface area contributed by atoms with Crippen LogP contribution in [0.15, 0.2) is 0 Å². The van der Waals surface area contributed by atoms with Crippen molar-refractivity contribution in [1.29, 1.82) is 0 Å². The fourth-order valence-corrected chi connectivity index (χ4v) is 3.38. The van der Waals surface area contributed by atoms with Crippen LogP contribution in [-0.2, 0) is 0 Å². The molecule has 13 heavy (non-hydrogen) atoms. The van der Waals surface area contributed by atoms with Crippen molar-refractivity contribution in [3.8, 4) is 0 Å². The molecule has 2 heterocycles. The summed E-state index contributed by atoms with van der Waals surface area (Å²) in [6.07, 6.45) is 6.84. The van der Waals surface area contributed by atoms with Gasteiger partial charge in [-0.15, -0.1) is 11.6 Å². The van der Waals surface area contributed by atoms with Crippen LogP contribution in [-0.4, -0.2) is 29.4 Å². The van der Waals surface area contributed by atoms with Crippen LogP contribution in [0.2, 0.25) is 0 Å². The molecule has 2 aliphatic heterocycles. The molecule has 0 aromatic rings. The maximum atomic E-state index is 5.83. The van der Waals surface area contributed by atoms with Crippen molar-refractivity contribution in [2.75, 3.05) is 12.4 Å². The molecule has 0 aromatic carbocycles. The van der Waals surface area contributed by atoms with Gasteiger partial charge < -0.3 is 0 Å². The predicted octanol–water partition coefficient (Wildman–Crippen LogP) is 2.88. The normalized spacial score (nSPS) is 40.6. The van der Waals surface area contributed by atoms with E-state index in [4.69, 9.17) is 11.6 Å². The minimum atomic E-state index is 0.807. The van der Waals surface area contributed by atoms with E-state index >= 15 is 0 Å². The second-order valence-corrected chi connectivity index (χ2v) is 5.01. The van der Waals surface area contributed by atoms with Crippen LogP contribution in [0.5, 0.6) is 0 Å². The van der Waals surface area contributed by atoms with E-state index in [1.165, 1.54) is 38.6 Å². The number of alkyl halides is 1. The van der Waals surface area contributed by atoms with Crippen molar-refractivity contribution in [3.05, 3.63) is 0 Å². The lowest BCUT2D eigenvalue weighted by Gasteiger charge is -2.41. The molecule has 0 spiro atoms. The SMILES string of the molecule is CC1CCC(CCCl)N2CCCC12. The van der Waals surface area contributed by atoms with Crippen LogP contribution in [0, 0.1) is 5.92 Å². The van der Waals surface area contributed by atoms with E-state index in [9.17, 15) is 0 Å². The highest BCUT2D eigenvalue weighted by Gasteiger charge is 2.37. The van der Waals surface area contributed by atoms with Crippen molar-refractivity contribution < 1.29 is 0 Å². The zero-order valence-corrected chi connectivity index (χ0v) is 9.26. The number of hydrogen-bond donors (Lipinski definition) is 0. The molecule has 2 heteroatoms. The molecule has 2 aliphatic rings. The van der Waals surface area contributed by atoms with Crippen molar-refractivity contribution >= 4 is 11.6 Å². The molecule has 0 bridgehead atoms. The van der Waals surface area contributed by atoms with E-state index in [1.54, 1.807) is 0 Å². The summed E-state index contributed by atoms with van der Waals surface area (Å²) in [4.78, 5) is 2.73. The first-order chi connectivity index (χ1) is 6.33. The summed E-state index contributed by atoms with van der Waals surface area (Å²) in [5.41, 5.74) is 0. The van der Waals surface area contributed by atoms with E-state index in [2.05, 4.69) is 11.8 Å². The molecule has 0 amide bonds. The molecule has 76 valence electrons. The topological polar surface area (TPSA) is 3.24 Å². The average molecular weight is 202 g/mol. The molecule has 0 aliphatic carbocycles. The Morgan fingerprint density at radius 1 is 1.31 bits per heavy atom. The molecule has 3 unspecified atom stereocenters. The van der Waals surface area contributed by atoms with Crippen molar-refractivity contribution in [2.45, 2.75) is 51.1 Å². The van der Waals surface area contributed by atoms with Crippen molar-refractivity contribution in [2.24, 2.45) is 5.92 Å². The van der Waals surface area contributed by atoms with Crippen LogP contribution in [0.4, 0.5) is 0 Å². The first-order valence-electron chi connectivity index (χ1n) is 5.64. The third-order valence-corrected chi connectivity index (χ3v) is 4.08. The highest BCUT2D eigenvalue weighted by Crippen LogP contribution is 2.35. The lowest BCUT2D eigenvalue weighted by atomic mass is 9.86. The van der Waals surface area contributed by atoms with Gasteiger partial charge >= 0.3 is 0 Å². The van der Waals surface area contributed by atoms with Crippen LogP contribution in [0.25, 0.3) is 0 Å². The third-order valence-electron chi connectivity index (χ3n) is 3.87. The molecule has 2 fully saturated rings. The fourth-order valence-electron chi connectivity index (χ4n) is 3.13. The molecule has 0 saturated carbocycles. The zero-order valence-electron chi connectivity index (χ0n) is 8.51. The molecule has 3 atom stereocenters. The minimum absolute atomic E-state index is 0.807. The largest absolute Gasteiger partial charge is 0.297 e. The standard InChI is InChI=1S/C11H20ClN/c1-9-4-5-10(6-7-12)13-8-2-3-11(9)13/h9-11H,2-8H2,1H3. The maximum absolute atomic E-state index is 5.83. The maximum Gasteiger partial charge on any atom is 0.0238 e. The van der Waals surface area contributed by atoms with Crippen molar-refractivity contribution in [1.82, 2.24) is 4.90 Å². The van der Waals surface area contributed by atoms with Gasteiger partial charge in [-0.2, -0.15) is 0 Å². The Morgan fingerprint density at radius 3 is 2.92 bits per heavy atom. The van der Waals surface area contributed by atoms with Gasteiger partial charge in [0.15, 0.2) is 0 Å². The van der Waals surface area contributed by atoms with Gasteiger partial charge in [-0.05, 0) is 44.6 Å². The summed E-state index contributed by atoms with van der Waals surface area (Å²) >= 11 is 5.83. The Hall–Kier alpha value is 0.250. The first-order valence-corrected chi connectivity index (χ1v) is 6.18. The number of fused-ring (bicyclic) bond motifs is 1. The molecular formula is C11H20ClN. The van der Waals surface area contributed by atoms with E-state index < -0.39 is 0 Å². The van der Waals surface area contributed by atoms with Crippen LogP contribution in [0.1, 0.15) is 39.0 Å². The smallest absolute Gasteiger partial charge is 0.0238 e. The number of halogens is 1. The van der Waals surface area contributed by atoms with Crippen LogP contribution in [0.3, 0.4) is 0 Å². The Balaban J connectivity index is 1.99. The fraction of sp³-hybridized carbons (Fsp3) is 1.00. The molecule has 0 N–H and O–H groups in total. The quantitative estimate of drug-likeness (QED) is 0.622. The first kappa shape index (κ1) is 9.79. The summed E-state index contributed by atoms with van der Waals surface area (Å²) in [5.74, 6) is 1.76. The third kappa shape index (κ3) is 1.87. The lowest BCUT2D eigenvalue weighted by molar-refractivity contribution is 0.0799. The summed E-state index contributed by atoms with van der Waals surface area (Å²) in [6, 6.07) is 1.70. The second kappa shape index (κ2) is 4.18. The molecule has 0 aromatic heterocycles. The van der Waals surface area contributed by atoms with E-state index in [-0.39, 0.29) is 0 Å². The number of rotatable bonds is 2. The Morgan fingerprint density at radius 2 is 2.15 bits per heavy atom. The molecule has 2 saturated heterocycles. The highest BCUT2D eigenvalue weighted by molar-refractivity contribution is 6.17. The van der Waals surface area contributed by atoms with Crippen LogP contribution < -0.4 is 0 Å². The predicted molar refractivity (Wildman–Crippen MR) is 57.3 cm³/mol. The average Bonchev–Trinajstić information content (AvgIpc) is 2.59. The van der Waals surface area contributed by atoms with Gasteiger partial charge in [-0.25, -0.2) is 0 Å². The summed E-state index contributed by atoms with van der Waals surface area (Å²) < 4.78 is 0. The van der Waals surface area contributed by atoms with Crippen molar-refractivity contribution in [3.63, 3.8) is 0 Å². The lowest BCUT2D eigenvalue weighted by Crippen LogP contribution is -2.46. The van der Waals surface area contributed by atoms with E-state index in [1.807, 2.05) is 0 Å². The van der Waals surface area contributed by atoms with Crippen LogP contribution >= 0.6 is 11.6 Å². The summed E-state index contributed by atoms with van der Waals surface area (Å²) in [5, 5.41) is 0. The Bertz CT molecular complexity index is 171. The van der Waals surface area contributed by atoms with Gasteiger partial charge in [-0.1, -0.05) is 6.92 Å². The highest BCUT2D eigenvalue weighted by atomic mass is 35.5. The molecule has 1 nitrogen and oxygen atoms in total. The number of hydrogen-bond acceptors (Lipinski definition) is 1. The molecule has 2 rings (SSSR count). The Kier molecular flexibility index (Phi) is 3.15. The van der Waals surface area contributed by atoms with Gasteiger partial charge in [0.2, 0.25) is 0 Å². The van der Waals surface area contributed by atoms with Gasteiger partial charge in [0.05, 0.1) is 0 Å². The summed E-state index contributed by atoms with van der Waals surface area (Å²) in [6.45, 7) is 3.75. The Labute approximate surface area is 86.4 Å². The number of piperidine rings is 1. The second-order valence-electron chi connectivity index (χ2n) is 4.63. The van der Waals surface area contributed by atoms with Gasteiger partial charge in [-0.3, -0.25) is 4.90 Å².